The fraction of sp³-hybridized carbons (Fsp3) is 0.312. The van der Waals surface area contributed by atoms with Crippen LogP contribution in [0.5, 0.6) is 0 Å². The first-order valence-electron chi connectivity index (χ1n) is 7.92. The molecule has 11 heteroatoms. The third-order valence-corrected chi connectivity index (χ3v) is 5.83. The predicted molar refractivity (Wildman–Crippen MR) is 115 cm³/mol. The number of carbonyl (C=O) groups excluding carboxylic acids is 1. The molecule has 27 heavy (non-hydrogen) atoms. The number of ether oxygens (including phenoxy) is 1. The highest BCUT2D eigenvalue weighted by Crippen LogP contribution is 2.31. The van der Waals surface area contributed by atoms with E-state index in [4.69, 9.17) is 10.5 Å². The van der Waals surface area contributed by atoms with Gasteiger partial charge in [0.1, 0.15) is 10.7 Å². The second-order valence-corrected chi connectivity index (χ2v) is 7.51. The number of nitrogens with one attached hydrogen (secondary N) is 1. The molecule has 1 aliphatic rings. The second-order valence-electron chi connectivity index (χ2n) is 5.56. The molecular formula is C16H19Cl2N5O2S2. The summed E-state index contributed by atoms with van der Waals surface area (Å²) in [5, 5.41) is 6.35. The molecule has 1 fully saturated rings. The molecule has 3 N–H and O–H groups in total. The highest BCUT2D eigenvalue weighted by atomic mass is 35.5. The maximum atomic E-state index is 12.3. The van der Waals surface area contributed by atoms with E-state index in [0.717, 1.165) is 52.3 Å². The quantitative estimate of drug-likeness (QED) is 0.637. The molecule has 0 radical (unpaired) electrons. The van der Waals surface area contributed by atoms with E-state index < -0.39 is 0 Å². The Morgan fingerprint density at radius 2 is 2.04 bits per heavy atom. The maximum absolute atomic E-state index is 12.3. The van der Waals surface area contributed by atoms with Crippen LogP contribution in [0.15, 0.2) is 23.6 Å². The minimum absolute atomic E-state index is 0. The van der Waals surface area contributed by atoms with Gasteiger partial charge in [0, 0.05) is 30.7 Å². The van der Waals surface area contributed by atoms with E-state index in [-0.39, 0.29) is 30.7 Å². The molecular weight excluding hydrogens is 429 g/mol. The van der Waals surface area contributed by atoms with Crippen molar-refractivity contribution in [1.29, 1.82) is 0 Å². The number of hydrogen-bond donors (Lipinski definition) is 2. The van der Waals surface area contributed by atoms with Gasteiger partial charge in [-0.1, -0.05) is 11.3 Å². The van der Waals surface area contributed by atoms with Crippen molar-refractivity contribution in [2.75, 3.05) is 36.5 Å². The Morgan fingerprint density at radius 1 is 1.26 bits per heavy atom. The molecule has 7 nitrogen and oxygen atoms in total. The predicted octanol–water partition coefficient (Wildman–Crippen LogP) is 3.14. The lowest BCUT2D eigenvalue weighted by molar-refractivity contribution is 0.102. The van der Waals surface area contributed by atoms with Crippen molar-refractivity contribution >= 4 is 74.4 Å². The maximum Gasteiger partial charge on any atom is 0.275 e. The molecule has 2 aromatic heterocycles. The first kappa shape index (κ1) is 21.8. The first-order valence-corrected chi connectivity index (χ1v) is 9.61. The summed E-state index contributed by atoms with van der Waals surface area (Å²) in [4.78, 5) is 23.4. The molecule has 4 rings (SSSR count). The van der Waals surface area contributed by atoms with Crippen LogP contribution >= 0.6 is 47.5 Å². The van der Waals surface area contributed by atoms with Crippen LogP contribution in [0.3, 0.4) is 0 Å². The van der Waals surface area contributed by atoms with Gasteiger partial charge in [-0.3, -0.25) is 4.79 Å². The molecule has 0 unspecified atom stereocenters. The zero-order valence-corrected chi connectivity index (χ0v) is 17.5. The van der Waals surface area contributed by atoms with Crippen LogP contribution in [0.25, 0.3) is 10.2 Å². The molecule has 3 heterocycles. The van der Waals surface area contributed by atoms with Gasteiger partial charge in [-0.15, -0.1) is 36.2 Å². The Balaban J connectivity index is 0.00000131. The number of nitrogens with zero attached hydrogens (tertiary/aromatic N) is 3. The molecule has 1 aromatic carbocycles. The number of fused-ring (bicyclic) bond motifs is 1. The molecule has 1 saturated heterocycles. The normalized spacial score (nSPS) is 13.7. The summed E-state index contributed by atoms with van der Waals surface area (Å²) in [6.07, 6.45) is 0. The second kappa shape index (κ2) is 9.63. The fourth-order valence-electron chi connectivity index (χ4n) is 2.58. The minimum atomic E-state index is -0.229. The van der Waals surface area contributed by atoms with E-state index in [1.807, 2.05) is 18.2 Å². The summed E-state index contributed by atoms with van der Waals surface area (Å²) in [5.41, 5.74) is 7.60. The van der Waals surface area contributed by atoms with Gasteiger partial charge in [0.2, 0.25) is 0 Å². The number of halogens is 2. The molecule has 3 aromatic rings. The smallest absolute Gasteiger partial charge is 0.275 e. The Morgan fingerprint density at radius 3 is 2.74 bits per heavy atom. The summed E-state index contributed by atoms with van der Waals surface area (Å²) >= 11 is 3.02. The Hall–Kier alpha value is -1.49. The van der Waals surface area contributed by atoms with Crippen molar-refractivity contribution in [3.05, 3.63) is 34.3 Å². The zero-order chi connectivity index (χ0) is 17.2. The number of amides is 1. The van der Waals surface area contributed by atoms with E-state index in [1.54, 1.807) is 16.7 Å². The highest BCUT2D eigenvalue weighted by molar-refractivity contribution is 7.22. The summed E-state index contributed by atoms with van der Waals surface area (Å²) in [6, 6.07) is 5.74. The Labute approximate surface area is 176 Å². The van der Waals surface area contributed by atoms with Crippen LogP contribution in [-0.4, -0.2) is 42.2 Å². The van der Waals surface area contributed by atoms with Crippen LogP contribution in [0, 0.1) is 0 Å². The Bertz CT molecular complexity index is 911. The third kappa shape index (κ3) is 4.87. The van der Waals surface area contributed by atoms with Gasteiger partial charge in [-0.2, -0.15) is 0 Å². The number of aromatic nitrogens is 2. The summed E-state index contributed by atoms with van der Waals surface area (Å²) in [7, 11) is 0. The lowest BCUT2D eigenvalue weighted by atomic mass is 10.3. The molecule has 0 atom stereocenters. The van der Waals surface area contributed by atoms with E-state index in [9.17, 15) is 4.79 Å². The number of thiazole rings is 2. The average molecular weight is 448 g/mol. The fourth-order valence-corrected chi connectivity index (χ4v) is 4.30. The monoisotopic (exact) mass is 447 g/mol. The summed E-state index contributed by atoms with van der Waals surface area (Å²) < 4.78 is 6.43. The van der Waals surface area contributed by atoms with Crippen LogP contribution in [0.4, 0.5) is 10.8 Å². The number of benzene rings is 1. The van der Waals surface area contributed by atoms with Gasteiger partial charge < -0.3 is 20.7 Å². The minimum Gasteiger partial charge on any atom is -0.378 e. The van der Waals surface area contributed by atoms with Crippen molar-refractivity contribution in [1.82, 2.24) is 9.97 Å². The van der Waals surface area contributed by atoms with E-state index in [2.05, 4.69) is 20.2 Å². The third-order valence-electron chi connectivity index (χ3n) is 3.88. The molecule has 0 saturated carbocycles. The topological polar surface area (TPSA) is 93.4 Å². The van der Waals surface area contributed by atoms with Crippen LogP contribution in [-0.2, 0) is 11.3 Å². The van der Waals surface area contributed by atoms with Gasteiger partial charge in [0.15, 0.2) is 5.13 Å². The van der Waals surface area contributed by atoms with Crippen LogP contribution in [0.1, 0.15) is 15.5 Å². The van der Waals surface area contributed by atoms with Gasteiger partial charge in [-0.05, 0) is 18.2 Å². The number of rotatable bonds is 4. The number of nitrogens with two attached hydrogens (primary N) is 1. The van der Waals surface area contributed by atoms with E-state index >= 15 is 0 Å². The number of morpholine rings is 1. The largest absolute Gasteiger partial charge is 0.378 e. The first-order chi connectivity index (χ1) is 12.2. The Kier molecular flexibility index (Phi) is 7.78. The van der Waals surface area contributed by atoms with Crippen LogP contribution in [0.2, 0.25) is 0 Å². The summed E-state index contributed by atoms with van der Waals surface area (Å²) in [5.74, 6) is -0.229. The molecule has 146 valence electrons. The SMILES string of the molecule is Cl.Cl.NCc1nc(C(=O)Nc2ccc3nc(N4CCOCC4)sc3c2)cs1. The van der Waals surface area contributed by atoms with Gasteiger partial charge in [0.25, 0.3) is 5.91 Å². The molecule has 0 spiro atoms. The number of carbonyl (C=O) groups is 1. The van der Waals surface area contributed by atoms with Crippen molar-refractivity contribution < 1.29 is 9.53 Å². The van der Waals surface area contributed by atoms with Crippen molar-refractivity contribution in [3.63, 3.8) is 0 Å². The highest BCUT2D eigenvalue weighted by Gasteiger charge is 2.16. The van der Waals surface area contributed by atoms with Gasteiger partial charge >= 0.3 is 0 Å². The molecule has 0 bridgehead atoms. The van der Waals surface area contributed by atoms with E-state index in [1.165, 1.54) is 11.3 Å². The molecule has 0 aliphatic carbocycles. The lowest BCUT2D eigenvalue weighted by Gasteiger charge is -2.25. The van der Waals surface area contributed by atoms with Gasteiger partial charge in [0.05, 0.1) is 23.4 Å². The van der Waals surface area contributed by atoms with Gasteiger partial charge in [-0.25, -0.2) is 9.97 Å². The standard InChI is InChI=1S/C16H17N5O2S2.2ClH/c17-8-14-19-12(9-24-14)15(22)18-10-1-2-11-13(7-10)25-16(20-11)21-3-5-23-6-4-21;;/h1-2,7,9H,3-6,8,17H2,(H,18,22);2*1H. The number of hydrogen-bond acceptors (Lipinski definition) is 8. The molecule has 1 amide bonds. The van der Waals surface area contributed by atoms with Crippen molar-refractivity contribution in [2.24, 2.45) is 5.73 Å². The molecule has 1 aliphatic heterocycles. The average Bonchev–Trinajstić information content (AvgIpc) is 3.29. The zero-order valence-electron chi connectivity index (χ0n) is 14.2. The lowest BCUT2D eigenvalue weighted by Crippen LogP contribution is -2.36. The summed E-state index contributed by atoms with van der Waals surface area (Å²) in [6.45, 7) is 3.52. The van der Waals surface area contributed by atoms with E-state index in [0.29, 0.717) is 12.2 Å². The van der Waals surface area contributed by atoms with Crippen molar-refractivity contribution in [2.45, 2.75) is 6.54 Å². The number of anilines is 2. The van der Waals surface area contributed by atoms with Crippen LogP contribution < -0.4 is 16.0 Å². The van der Waals surface area contributed by atoms with Crippen molar-refractivity contribution in [3.8, 4) is 0 Å².